The normalized spacial score (nSPS) is 12.6. The van der Waals surface area contributed by atoms with Gasteiger partial charge in [0.05, 0.1) is 6.07 Å². The molecule has 1 radical (unpaired) electrons. The summed E-state index contributed by atoms with van der Waals surface area (Å²) >= 11 is 0. The molecule has 0 aliphatic rings. The largest absolute Gasteiger partial charge is 0.217 e. The number of hydrogen-bond acceptors (Lipinski definition) is 1. The first-order valence-corrected chi connectivity index (χ1v) is 3.36. The Kier molecular flexibility index (Phi) is 5.24. The lowest BCUT2D eigenvalue weighted by molar-refractivity contribution is 0.125. The Bertz CT molecular complexity index is 95.6. The van der Waals surface area contributed by atoms with Gasteiger partial charge >= 0.3 is 0 Å². The third kappa shape index (κ3) is 5.32. The summed E-state index contributed by atoms with van der Waals surface area (Å²) in [4.78, 5) is 0. The lowest BCUT2D eigenvalue weighted by Gasteiger charge is -1.95. The van der Waals surface area contributed by atoms with Gasteiger partial charge in [-0.15, -0.1) is 0 Å². The van der Waals surface area contributed by atoms with Gasteiger partial charge in [0.15, 0.2) is 6.10 Å². The van der Waals surface area contributed by atoms with Crippen LogP contribution in [0.1, 0.15) is 32.6 Å². The third-order valence-electron chi connectivity index (χ3n) is 1.21. The van der Waals surface area contributed by atoms with Crippen LogP contribution in [0.25, 0.3) is 0 Å². The number of nitrogens with zero attached hydrogens (tertiary/aromatic N) is 1. The maximum atomic E-state index is 10.4. The molecule has 0 heterocycles. The first kappa shape index (κ1) is 8.45. The predicted octanol–water partition coefficient (Wildman–Crippen LogP) is 1.89. The second kappa shape index (κ2) is 5.58. The van der Waals surface area contributed by atoms with Crippen molar-refractivity contribution >= 4 is 0 Å². The molecule has 0 aromatic rings. The molecular weight excluding hydrogens is 114 g/mol. The molecule has 0 rings (SSSR count). The van der Waals surface area contributed by atoms with E-state index in [-0.39, 0.29) is 0 Å². The van der Waals surface area contributed by atoms with Gasteiger partial charge in [-0.1, -0.05) is 19.8 Å². The van der Waals surface area contributed by atoms with E-state index in [1.165, 1.54) is 0 Å². The number of rotatable bonds is 4. The van der Waals surface area contributed by atoms with Crippen molar-refractivity contribution in [3.8, 4) is 6.07 Å². The molecule has 0 bridgehead atoms. The molecule has 0 aromatic heterocycles. The molecular formula is C7H12NO. The molecule has 0 saturated heterocycles. The topological polar surface area (TPSA) is 43.7 Å². The zero-order chi connectivity index (χ0) is 7.11. The Balaban J connectivity index is 2.99. The van der Waals surface area contributed by atoms with Gasteiger partial charge in [0.25, 0.3) is 0 Å². The predicted molar refractivity (Wildman–Crippen MR) is 34.2 cm³/mol. The summed E-state index contributed by atoms with van der Waals surface area (Å²) < 4.78 is 0. The Morgan fingerprint density at radius 1 is 1.56 bits per heavy atom. The van der Waals surface area contributed by atoms with Crippen molar-refractivity contribution in [1.82, 2.24) is 0 Å². The monoisotopic (exact) mass is 126 g/mol. The summed E-state index contributed by atoms with van der Waals surface area (Å²) in [5, 5.41) is 18.5. The lowest BCUT2D eigenvalue weighted by Crippen LogP contribution is -1.98. The van der Waals surface area contributed by atoms with Crippen LogP contribution < -0.4 is 0 Å². The second-order valence-electron chi connectivity index (χ2n) is 2.11. The molecule has 0 amide bonds. The average molecular weight is 126 g/mol. The summed E-state index contributed by atoms with van der Waals surface area (Å²) in [6.07, 6.45) is 2.61. The van der Waals surface area contributed by atoms with Gasteiger partial charge in [0, 0.05) is 0 Å². The van der Waals surface area contributed by atoms with E-state index in [1.54, 1.807) is 6.07 Å². The van der Waals surface area contributed by atoms with E-state index in [2.05, 4.69) is 6.92 Å². The minimum absolute atomic E-state index is 0.518. The highest BCUT2D eigenvalue weighted by atomic mass is 16.3. The molecule has 0 aliphatic carbocycles. The van der Waals surface area contributed by atoms with E-state index in [0.717, 1.165) is 19.3 Å². The van der Waals surface area contributed by atoms with Crippen LogP contribution in [0.2, 0.25) is 0 Å². The van der Waals surface area contributed by atoms with Crippen molar-refractivity contribution in [1.29, 1.82) is 5.26 Å². The number of nitriles is 1. The van der Waals surface area contributed by atoms with Gasteiger partial charge in [-0.25, -0.2) is 5.11 Å². The molecule has 9 heavy (non-hydrogen) atoms. The zero-order valence-corrected chi connectivity index (χ0v) is 5.76. The van der Waals surface area contributed by atoms with Gasteiger partial charge in [-0.05, 0) is 12.8 Å². The first-order chi connectivity index (χ1) is 4.31. The van der Waals surface area contributed by atoms with Crippen molar-refractivity contribution in [3.63, 3.8) is 0 Å². The number of hydrogen-bond donors (Lipinski definition) is 0. The first-order valence-electron chi connectivity index (χ1n) is 3.36. The minimum atomic E-state index is -0.989. The highest BCUT2D eigenvalue weighted by Gasteiger charge is 2.00. The second-order valence-corrected chi connectivity index (χ2v) is 2.11. The summed E-state index contributed by atoms with van der Waals surface area (Å²) in [6.45, 7) is 2.08. The third-order valence-corrected chi connectivity index (χ3v) is 1.21. The van der Waals surface area contributed by atoms with Crippen molar-refractivity contribution in [2.24, 2.45) is 0 Å². The summed E-state index contributed by atoms with van der Waals surface area (Å²) in [5.41, 5.74) is 0. The molecule has 0 saturated carbocycles. The van der Waals surface area contributed by atoms with E-state index >= 15 is 0 Å². The zero-order valence-electron chi connectivity index (χ0n) is 5.76. The van der Waals surface area contributed by atoms with Crippen LogP contribution in [0, 0.1) is 11.3 Å². The van der Waals surface area contributed by atoms with Crippen LogP contribution in [0.5, 0.6) is 0 Å². The summed E-state index contributed by atoms with van der Waals surface area (Å²) in [7, 11) is 0. The van der Waals surface area contributed by atoms with E-state index in [9.17, 15) is 5.11 Å². The Morgan fingerprint density at radius 2 is 2.22 bits per heavy atom. The van der Waals surface area contributed by atoms with Crippen molar-refractivity contribution < 1.29 is 5.11 Å². The minimum Gasteiger partial charge on any atom is -0.217 e. The van der Waals surface area contributed by atoms with Crippen LogP contribution in [-0.2, 0) is 5.11 Å². The fraction of sp³-hybridized carbons (Fsp3) is 0.857. The highest BCUT2D eigenvalue weighted by molar-refractivity contribution is 4.80. The number of unbranched alkanes of at least 4 members (excludes halogenated alkanes) is 2. The summed E-state index contributed by atoms with van der Waals surface area (Å²) in [5.74, 6) is 0. The Labute approximate surface area is 56.1 Å². The molecule has 1 atom stereocenters. The molecule has 0 fully saturated rings. The lowest BCUT2D eigenvalue weighted by atomic mass is 10.1. The van der Waals surface area contributed by atoms with E-state index in [1.807, 2.05) is 0 Å². The van der Waals surface area contributed by atoms with Crippen LogP contribution in [0.4, 0.5) is 0 Å². The van der Waals surface area contributed by atoms with Gasteiger partial charge in [-0.2, -0.15) is 5.26 Å². The van der Waals surface area contributed by atoms with E-state index in [0.29, 0.717) is 6.42 Å². The maximum Gasteiger partial charge on any atom is 0.179 e. The smallest absolute Gasteiger partial charge is 0.179 e. The van der Waals surface area contributed by atoms with E-state index < -0.39 is 6.10 Å². The van der Waals surface area contributed by atoms with Crippen LogP contribution in [0.15, 0.2) is 0 Å². The van der Waals surface area contributed by atoms with Gasteiger partial charge in [-0.3, -0.25) is 0 Å². The fourth-order valence-corrected chi connectivity index (χ4v) is 0.644. The molecule has 2 nitrogen and oxygen atoms in total. The Morgan fingerprint density at radius 3 is 2.67 bits per heavy atom. The SMILES string of the molecule is CCCCCC([O])C#N. The molecule has 51 valence electrons. The fourth-order valence-electron chi connectivity index (χ4n) is 0.644. The molecule has 0 aromatic carbocycles. The van der Waals surface area contributed by atoms with Gasteiger partial charge < -0.3 is 0 Å². The molecule has 0 spiro atoms. The van der Waals surface area contributed by atoms with Crippen molar-refractivity contribution in [2.75, 3.05) is 0 Å². The van der Waals surface area contributed by atoms with E-state index in [4.69, 9.17) is 5.26 Å². The van der Waals surface area contributed by atoms with Crippen LogP contribution in [0.3, 0.4) is 0 Å². The van der Waals surface area contributed by atoms with Gasteiger partial charge in [0.2, 0.25) is 0 Å². The van der Waals surface area contributed by atoms with Crippen molar-refractivity contribution in [2.45, 2.75) is 38.7 Å². The molecule has 2 heteroatoms. The van der Waals surface area contributed by atoms with Crippen LogP contribution in [-0.4, -0.2) is 6.10 Å². The van der Waals surface area contributed by atoms with Gasteiger partial charge in [0.1, 0.15) is 0 Å². The van der Waals surface area contributed by atoms with Crippen LogP contribution >= 0.6 is 0 Å². The average Bonchev–Trinajstić information content (AvgIpc) is 1.89. The standard InChI is InChI=1S/C7H12NO/c1-2-3-4-5-7(9)6-8/h7H,2-5H2,1H3. The van der Waals surface area contributed by atoms with Crippen molar-refractivity contribution in [3.05, 3.63) is 0 Å². The Hall–Kier alpha value is -0.550. The maximum absolute atomic E-state index is 10.4. The molecule has 0 aliphatic heterocycles. The molecule has 1 unspecified atom stereocenters. The highest BCUT2D eigenvalue weighted by Crippen LogP contribution is 2.01. The molecule has 0 N–H and O–H groups in total. The summed E-state index contributed by atoms with van der Waals surface area (Å²) in [6, 6.07) is 1.67. The quantitative estimate of drug-likeness (QED) is 0.530.